The monoisotopic (exact) mass is 261 g/mol. The van der Waals surface area contributed by atoms with Crippen LogP contribution < -0.4 is 4.74 Å². The van der Waals surface area contributed by atoms with Crippen molar-refractivity contribution in [2.75, 3.05) is 18.1 Å². The number of rotatable bonds is 7. The van der Waals surface area contributed by atoms with Crippen LogP contribution in [-0.2, 0) is 0 Å². The lowest BCUT2D eigenvalue weighted by molar-refractivity contribution is 0.347. The van der Waals surface area contributed by atoms with Gasteiger partial charge in [-0.15, -0.1) is 0 Å². The number of pyridine rings is 1. The maximum Gasteiger partial charge on any atom is 0.145 e. The summed E-state index contributed by atoms with van der Waals surface area (Å²) in [6.45, 7) is 2.98. The minimum atomic E-state index is 0.754. The third-order valence-electron chi connectivity index (χ3n) is 2.72. The lowest BCUT2D eigenvalue weighted by Gasteiger charge is -2.08. The molecule has 0 amide bonds. The van der Waals surface area contributed by atoms with Crippen molar-refractivity contribution in [2.24, 2.45) is 0 Å². The van der Waals surface area contributed by atoms with Crippen molar-refractivity contribution >= 4 is 22.7 Å². The van der Waals surface area contributed by atoms with E-state index in [0.29, 0.717) is 0 Å². The smallest absolute Gasteiger partial charge is 0.145 e. The van der Waals surface area contributed by atoms with E-state index in [1.165, 1.54) is 18.6 Å². The van der Waals surface area contributed by atoms with Gasteiger partial charge in [0.05, 0.1) is 6.61 Å². The van der Waals surface area contributed by atoms with Gasteiger partial charge in [0.1, 0.15) is 11.3 Å². The molecule has 0 saturated carbocycles. The van der Waals surface area contributed by atoms with E-state index in [9.17, 15) is 0 Å². The van der Waals surface area contributed by atoms with Crippen LogP contribution in [-0.4, -0.2) is 23.1 Å². The molecular weight excluding hydrogens is 242 g/mol. The minimum absolute atomic E-state index is 0.754. The van der Waals surface area contributed by atoms with E-state index in [2.05, 4.69) is 24.0 Å². The molecule has 1 heterocycles. The third-order valence-corrected chi connectivity index (χ3v) is 3.76. The van der Waals surface area contributed by atoms with E-state index in [-0.39, 0.29) is 0 Å². The summed E-state index contributed by atoms with van der Waals surface area (Å²) in [4.78, 5) is 4.38. The topological polar surface area (TPSA) is 22.1 Å². The Morgan fingerprint density at radius 3 is 2.94 bits per heavy atom. The molecule has 1 aromatic carbocycles. The van der Waals surface area contributed by atoms with Gasteiger partial charge in [0.25, 0.3) is 0 Å². The molecule has 0 spiro atoms. The van der Waals surface area contributed by atoms with Crippen molar-refractivity contribution in [1.82, 2.24) is 4.98 Å². The fourth-order valence-electron chi connectivity index (χ4n) is 1.75. The second-order valence-electron chi connectivity index (χ2n) is 4.15. The van der Waals surface area contributed by atoms with Gasteiger partial charge >= 0.3 is 0 Å². The number of unbranched alkanes of at least 4 members (excludes halogenated alkanes) is 1. The molecule has 0 radical (unpaired) electrons. The van der Waals surface area contributed by atoms with Gasteiger partial charge in [-0.25, -0.2) is 0 Å². The Hall–Kier alpha value is -1.22. The Morgan fingerprint density at radius 1 is 1.17 bits per heavy atom. The van der Waals surface area contributed by atoms with E-state index in [4.69, 9.17) is 4.74 Å². The zero-order chi connectivity index (χ0) is 12.6. The number of thioether (sulfide) groups is 1. The van der Waals surface area contributed by atoms with Gasteiger partial charge in [-0.2, -0.15) is 11.8 Å². The van der Waals surface area contributed by atoms with Crippen LogP contribution >= 0.6 is 11.8 Å². The van der Waals surface area contributed by atoms with Gasteiger partial charge < -0.3 is 4.74 Å². The second-order valence-corrected chi connectivity index (χ2v) is 5.37. The molecule has 0 fully saturated rings. The fraction of sp³-hybridized carbons (Fsp3) is 0.400. The first-order chi connectivity index (χ1) is 8.92. The maximum atomic E-state index is 5.82. The number of hydrogen-bond acceptors (Lipinski definition) is 3. The molecule has 0 aliphatic carbocycles. The summed E-state index contributed by atoms with van der Waals surface area (Å²) < 4.78 is 5.82. The molecule has 0 N–H and O–H groups in total. The molecule has 2 rings (SSSR count). The summed E-state index contributed by atoms with van der Waals surface area (Å²) in [5, 5.41) is 1.13. The number of fused-ring (bicyclic) bond motifs is 1. The Balaban J connectivity index is 1.88. The van der Waals surface area contributed by atoms with Gasteiger partial charge in [-0.3, -0.25) is 4.98 Å². The Labute approximate surface area is 113 Å². The fourth-order valence-corrected chi connectivity index (χ4v) is 2.65. The number of ether oxygens (including phenoxy) is 1. The summed E-state index contributed by atoms with van der Waals surface area (Å²) in [6.07, 6.45) is 4.37. The number of aromatic nitrogens is 1. The van der Waals surface area contributed by atoms with Crippen molar-refractivity contribution in [3.05, 3.63) is 36.5 Å². The minimum Gasteiger partial charge on any atom is -0.490 e. The van der Waals surface area contributed by atoms with Crippen LogP contribution in [0, 0.1) is 0 Å². The summed E-state index contributed by atoms with van der Waals surface area (Å²) in [6, 6.07) is 10.1. The van der Waals surface area contributed by atoms with E-state index in [0.717, 1.165) is 29.0 Å². The predicted octanol–water partition coefficient (Wildman–Crippen LogP) is 4.15. The molecule has 0 unspecified atom stereocenters. The molecule has 1 aromatic heterocycles. The maximum absolute atomic E-state index is 5.82. The largest absolute Gasteiger partial charge is 0.490 e. The molecule has 2 nitrogen and oxygen atoms in total. The van der Waals surface area contributed by atoms with E-state index >= 15 is 0 Å². The van der Waals surface area contributed by atoms with Crippen molar-refractivity contribution in [3.63, 3.8) is 0 Å². The van der Waals surface area contributed by atoms with Gasteiger partial charge in [-0.05, 0) is 24.3 Å². The Kier molecular flexibility index (Phi) is 5.34. The average Bonchev–Trinajstić information content (AvgIpc) is 2.43. The third kappa shape index (κ3) is 3.64. The van der Waals surface area contributed by atoms with Crippen LogP contribution in [0.15, 0.2) is 36.5 Å². The number of para-hydroxylation sites is 1. The first kappa shape index (κ1) is 13.2. The molecular formula is C15H19NOS. The molecule has 0 saturated heterocycles. The highest BCUT2D eigenvalue weighted by Gasteiger charge is 2.01. The number of nitrogens with zero attached hydrogens (tertiary/aromatic N) is 1. The number of hydrogen-bond donors (Lipinski definition) is 0. The van der Waals surface area contributed by atoms with Crippen LogP contribution in [0.2, 0.25) is 0 Å². The molecule has 18 heavy (non-hydrogen) atoms. The van der Waals surface area contributed by atoms with Crippen molar-refractivity contribution in [2.45, 2.75) is 19.8 Å². The zero-order valence-electron chi connectivity index (χ0n) is 10.8. The second kappa shape index (κ2) is 7.27. The first-order valence-electron chi connectivity index (χ1n) is 6.46. The summed E-state index contributed by atoms with van der Waals surface area (Å²) in [5.74, 6) is 3.17. The van der Waals surface area contributed by atoms with Crippen LogP contribution in [0.5, 0.6) is 5.75 Å². The molecule has 0 aliphatic heterocycles. The molecule has 0 bridgehead atoms. The number of benzene rings is 1. The standard InChI is InChI=1S/C15H19NOS/c1-2-3-11-18-12-10-17-14-8-4-6-13-7-5-9-16-15(13)14/h4-9H,2-3,10-12H2,1H3. The molecule has 96 valence electrons. The van der Waals surface area contributed by atoms with E-state index < -0.39 is 0 Å². The summed E-state index contributed by atoms with van der Waals surface area (Å²) in [7, 11) is 0. The molecule has 0 aliphatic rings. The quantitative estimate of drug-likeness (QED) is 0.699. The van der Waals surface area contributed by atoms with Crippen LogP contribution in [0.25, 0.3) is 10.9 Å². The summed E-state index contributed by atoms with van der Waals surface area (Å²) in [5.41, 5.74) is 0.957. The highest BCUT2D eigenvalue weighted by molar-refractivity contribution is 7.99. The highest BCUT2D eigenvalue weighted by Crippen LogP contribution is 2.23. The molecule has 3 heteroatoms. The van der Waals surface area contributed by atoms with E-state index in [1.54, 1.807) is 0 Å². The van der Waals surface area contributed by atoms with Crippen molar-refractivity contribution in [3.8, 4) is 5.75 Å². The Morgan fingerprint density at radius 2 is 2.06 bits per heavy atom. The normalized spacial score (nSPS) is 10.7. The van der Waals surface area contributed by atoms with Gasteiger partial charge in [0, 0.05) is 17.3 Å². The lowest BCUT2D eigenvalue weighted by atomic mass is 10.2. The molecule has 2 aromatic rings. The Bertz CT molecular complexity index is 481. The lowest BCUT2D eigenvalue weighted by Crippen LogP contribution is -2.01. The van der Waals surface area contributed by atoms with Gasteiger partial charge in [-0.1, -0.05) is 31.5 Å². The van der Waals surface area contributed by atoms with Crippen LogP contribution in [0.1, 0.15) is 19.8 Å². The van der Waals surface area contributed by atoms with E-state index in [1.807, 2.05) is 36.2 Å². The van der Waals surface area contributed by atoms with Gasteiger partial charge in [0.2, 0.25) is 0 Å². The highest BCUT2D eigenvalue weighted by atomic mass is 32.2. The SMILES string of the molecule is CCCCSCCOc1cccc2cccnc12. The van der Waals surface area contributed by atoms with Gasteiger partial charge in [0.15, 0.2) is 0 Å². The van der Waals surface area contributed by atoms with Crippen molar-refractivity contribution in [1.29, 1.82) is 0 Å². The zero-order valence-corrected chi connectivity index (χ0v) is 11.6. The summed E-state index contributed by atoms with van der Waals surface area (Å²) >= 11 is 1.96. The average molecular weight is 261 g/mol. The van der Waals surface area contributed by atoms with Crippen molar-refractivity contribution < 1.29 is 4.74 Å². The first-order valence-corrected chi connectivity index (χ1v) is 7.61. The van der Waals surface area contributed by atoms with Crippen LogP contribution in [0.4, 0.5) is 0 Å². The van der Waals surface area contributed by atoms with Crippen LogP contribution in [0.3, 0.4) is 0 Å². The molecule has 0 atom stereocenters. The predicted molar refractivity (Wildman–Crippen MR) is 79.5 cm³/mol.